The van der Waals surface area contributed by atoms with Gasteiger partial charge in [0.15, 0.2) is 11.6 Å². The summed E-state index contributed by atoms with van der Waals surface area (Å²) in [6.07, 6.45) is 1.79. The Labute approximate surface area is 116 Å². The van der Waals surface area contributed by atoms with Crippen molar-refractivity contribution in [1.82, 2.24) is 5.43 Å². The van der Waals surface area contributed by atoms with Gasteiger partial charge < -0.3 is 0 Å². The number of hydrazine groups is 1. The third kappa shape index (κ3) is 2.32. The first kappa shape index (κ1) is 13.2. The summed E-state index contributed by atoms with van der Waals surface area (Å²) in [5.74, 6) is 4.22. The van der Waals surface area contributed by atoms with Gasteiger partial charge in [0.25, 0.3) is 0 Å². The molecule has 4 heteroatoms. The summed E-state index contributed by atoms with van der Waals surface area (Å²) in [5.41, 5.74) is 6.05. The average Bonchev–Trinajstić information content (AvgIpc) is 2.87. The summed E-state index contributed by atoms with van der Waals surface area (Å²) >= 11 is 0. The molecule has 0 amide bonds. The van der Waals surface area contributed by atoms with Crippen LogP contribution in [0.25, 0.3) is 0 Å². The number of hydrogen-bond acceptors (Lipinski definition) is 2. The van der Waals surface area contributed by atoms with Gasteiger partial charge in [-0.1, -0.05) is 30.3 Å². The Morgan fingerprint density at radius 1 is 1.00 bits per heavy atom. The molecule has 1 aliphatic rings. The maximum Gasteiger partial charge on any atom is 0.159 e. The van der Waals surface area contributed by atoms with Crippen molar-refractivity contribution >= 4 is 0 Å². The van der Waals surface area contributed by atoms with Crippen molar-refractivity contribution in [3.05, 3.63) is 70.8 Å². The van der Waals surface area contributed by atoms with Crippen molar-refractivity contribution in [2.24, 2.45) is 11.8 Å². The maximum absolute atomic E-state index is 13.4. The smallest absolute Gasteiger partial charge is 0.159 e. The van der Waals surface area contributed by atoms with Crippen LogP contribution in [0.2, 0.25) is 0 Å². The van der Waals surface area contributed by atoms with Crippen LogP contribution < -0.4 is 11.3 Å². The van der Waals surface area contributed by atoms with Gasteiger partial charge in [-0.15, -0.1) is 0 Å². The largest absolute Gasteiger partial charge is 0.271 e. The predicted octanol–water partition coefficient (Wildman–Crippen LogP) is 2.88. The van der Waals surface area contributed by atoms with Crippen LogP contribution in [0.15, 0.2) is 42.5 Å². The Balaban J connectivity index is 1.87. The molecule has 0 saturated heterocycles. The Morgan fingerprint density at radius 2 is 1.65 bits per heavy atom. The fourth-order valence-electron chi connectivity index (χ4n) is 3.04. The van der Waals surface area contributed by atoms with Crippen LogP contribution >= 0.6 is 0 Å². The summed E-state index contributed by atoms with van der Waals surface area (Å²) in [7, 11) is 0. The molecule has 104 valence electrons. The van der Waals surface area contributed by atoms with E-state index in [1.54, 1.807) is 6.07 Å². The van der Waals surface area contributed by atoms with Crippen molar-refractivity contribution in [2.45, 2.75) is 18.9 Å². The van der Waals surface area contributed by atoms with Gasteiger partial charge in [-0.3, -0.25) is 11.3 Å². The lowest BCUT2D eigenvalue weighted by molar-refractivity contribution is 0.377. The molecule has 0 bridgehead atoms. The number of nitrogens with two attached hydrogens (primary N) is 1. The van der Waals surface area contributed by atoms with E-state index in [0.717, 1.165) is 18.9 Å². The highest BCUT2D eigenvalue weighted by Crippen LogP contribution is 2.35. The van der Waals surface area contributed by atoms with E-state index in [9.17, 15) is 8.78 Å². The van der Waals surface area contributed by atoms with Crippen molar-refractivity contribution < 1.29 is 8.78 Å². The molecule has 1 unspecified atom stereocenters. The Hall–Kier alpha value is -1.78. The molecule has 2 aromatic carbocycles. The molecule has 0 heterocycles. The quantitative estimate of drug-likeness (QED) is 0.667. The molecule has 2 aromatic rings. The summed E-state index contributed by atoms with van der Waals surface area (Å²) in [5, 5.41) is 0. The topological polar surface area (TPSA) is 38.0 Å². The van der Waals surface area contributed by atoms with Gasteiger partial charge in [-0.2, -0.15) is 0 Å². The van der Waals surface area contributed by atoms with E-state index in [2.05, 4.69) is 17.6 Å². The van der Waals surface area contributed by atoms with Crippen LogP contribution in [0, 0.1) is 17.6 Å². The number of nitrogens with one attached hydrogen (secondary N) is 1. The molecule has 20 heavy (non-hydrogen) atoms. The number of halogens is 2. The second kappa shape index (κ2) is 5.31. The molecule has 0 aromatic heterocycles. The van der Waals surface area contributed by atoms with Crippen molar-refractivity contribution in [3.8, 4) is 0 Å². The molecule has 1 atom stereocenters. The molecule has 2 nitrogen and oxygen atoms in total. The maximum atomic E-state index is 13.4. The molecule has 3 rings (SSSR count). The monoisotopic (exact) mass is 274 g/mol. The van der Waals surface area contributed by atoms with Crippen LogP contribution in [0.3, 0.4) is 0 Å². The molecule has 0 saturated carbocycles. The zero-order valence-electron chi connectivity index (χ0n) is 10.9. The lowest BCUT2D eigenvalue weighted by Crippen LogP contribution is -2.34. The zero-order chi connectivity index (χ0) is 14.1. The predicted molar refractivity (Wildman–Crippen MR) is 73.8 cm³/mol. The number of fused-ring (bicyclic) bond motifs is 1. The Morgan fingerprint density at radius 3 is 2.20 bits per heavy atom. The highest BCUT2D eigenvalue weighted by molar-refractivity contribution is 5.34. The highest BCUT2D eigenvalue weighted by Gasteiger charge is 2.29. The minimum absolute atomic E-state index is 0.183. The van der Waals surface area contributed by atoms with E-state index < -0.39 is 11.6 Å². The standard InChI is InChI=1S/C16H16F2N2/c17-14-6-5-12(9-15(14)18)16(20-19)13-7-10-3-1-2-4-11(10)8-13/h1-6,9,13,16,20H,7-8,19H2. The zero-order valence-corrected chi connectivity index (χ0v) is 10.9. The van der Waals surface area contributed by atoms with E-state index in [1.807, 2.05) is 12.1 Å². The number of hydrogen-bond donors (Lipinski definition) is 2. The molecule has 1 aliphatic carbocycles. The molecule has 0 spiro atoms. The summed E-state index contributed by atoms with van der Waals surface area (Å²) in [6.45, 7) is 0. The second-order valence-corrected chi connectivity index (χ2v) is 5.25. The van der Waals surface area contributed by atoms with Crippen LogP contribution in [0.4, 0.5) is 8.78 Å². The normalized spacial score (nSPS) is 16.1. The van der Waals surface area contributed by atoms with E-state index in [0.29, 0.717) is 5.56 Å². The molecule has 3 N–H and O–H groups in total. The van der Waals surface area contributed by atoms with Gasteiger partial charge in [-0.25, -0.2) is 8.78 Å². The van der Waals surface area contributed by atoms with Gasteiger partial charge in [0.05, 0.1) is 0 Å². The van der Waals surface area contributed by atoms with Crippen molar-refractivity contribution in [2.75, 3.05) is 0 Å². The lowest BCUT2D eigenvalue weighted by atomic mass is 9.91. The lowest BCUT2D eigenvalue weighted by Gasteiger charge is -2.23. The fraction of sp³-hybridized carbons (Fsp3) is 0.250. The van der Waals surface area contributed by atoms with Gasteiger partial charge in [-0.05, 0) is 47.6 Å². The first-order chi connectivity index (χ1) is 9.69. The number of rotatable bonds is 3. The van der Waals surface area contributed by atoms with Crippen LogP contribution in [0.5, 0.6) is 0 Å². The summed E-state index contributed by atoms with van der Waals surface area (Å²) in [4.78, 5) is 0. The van der Waals surface area contributed by atoms with Gasteiger partial charge in [0.1, 0.15) is 0 Å². The summed E-state index contributed by atoms with van der Waals surface area (Å²) < 4.78 is 26.4. The average molecular weight is 274 g/mol. The third-order valence-electron chi connectivity index (χ3n) is 4.04. The highest BCUT2D eigenvalue weighted by atomic mass is 19.2. The number of benzene rings is 2. The SMILES string of the molecule is NNC(c1ccc(F)c(F)c1)C1Cc2ccccc2C1. The first-order valence-corrected chi connectivity index (χ1v) is 6.67. The third-order valence-corrected chi connectivity index (χ3v) is 4.04. The van der Waals surface area contributed by atoms with Crippen molar-refractivity contribution in [3.63, 3.8) is 0 Å². The van der Waals surface area contributed by atoms with E-state index in [-0.39, 0.29) is 12.0 Å². The minimum Gasteiger partial charge on any atom is -0.271 e. The second-order valence-electron chi connectivity index (χ2n) is 5.25. The molecular formula is C16H16F2N2. The van der Waals surface area contributed by atoms with Gasteiger partial charge in [0.2, 0.25) is 0 Å². The van der Waals surface area contributed by atoms with E-state index in [4.69, 9.17) is 5.84 Å². The fourth-order valence-corrected chi connectivity index (χ4v) is 3.04. The van der Waals surface area contributed by atoms with E-state index in [1.165, 1.54) is 17.2 Å². The first-order valence-electron chi connectivity index (χ1n) is 6.67. The van der Waals surface area contributed by atoms with Crippen molar-refractivity contribution in [1.29, 1.82) is 0 Å². The summed E-state index contributed by atoms with van der Waals surface area (Å²) in [6, 6.07) is 12.0. The van der Waals surface area contributed by atoms with Crippen LogP contribution in [0.1, 0.15) is 22.7 Å². The molecule has 0 radical (unpaired) electrons. The van der Waals surface area contributed by atoms with Crippen LogP contribution in [-0.2, 0) is 12.8 Å². The molecular weight excluding hydrogens is 258 g/mol. The molecule has 0 aliphatic heterocycles. The minimum atomic E-state index is -0.835. The Kier molecular flexibility index (Phi) is 3.51. The Bertz CT molecular complexity index is 603. The van der Waals surface area contributed by atoms with Gasteiger partial charge >= 0.3 is 0 Å². The van der Waals surface area contributed by atoms with Gasteiger partial charge in [0, 0.05) is 6.04 Å². The van der Waals surface area contributed by atoms with Crippen LogP contribution in [-0.4, -0.2) is 0 Å². The van der Waals surface area contributed by atoms with E-state index >= 15 is 0 Å². The molecule has 0 fully saturated rings.